The van der Waals surface area contributed by atoms with E-state index < -0.39 is 6.10 Å². The molecule has 1 fully saturated rings. The first-order valence-electron chi connectivity index (χ1n) is 4.62. The summed E-state index contributed by atoms with van der Waals surface area (Å²) >= 11 is 1.65. The van der Waals surface area contributed by atoms with E-state index in [9.17, 15) is 9.90 Å². The van der Waals surface area contributed by atoms with Gasteiger partial charge in [-0.05, 0) is 0 Å². The fourth-order valence-corrected chi connectivity index (χ4v) is 2.64. The van der Waals surface area contributed by atoms with Crippen molar-refractivity contribution >= 4 is 23.5 Å². The van der Waals surface area contributed by atoms with Crippen LogP contribution in [0.2, 0.25) is 0 Å². The molecule has 0 spiro atoms. The highest BCUT2D eigenvalue weighted by Gasteiger charge is 2.28. The van der Waals surface area contributed by atoms with Crippen LogP contribution >= 0.6 is 11.8 Å². The molecule has 0 radical (unpaired) electrons. The van der Waals surface area contributed by atoms with E-state index in [1.54, 1.807) is 11.8 Å². The average Bonchev–Trinajstić information content (AvgIpc) is 2.77. The van der Waals surface area contributed by atoms with Crippen LogP contribution in [0, 0.1) is 0 Å². The van der Waals surface area contributed by atoms with Crippen molar-refractivity contribution in [1.29, 1.82) is 0 Å². The fraction of sp³-hybridized carbons (Fsp3) is 0.750. The van der Waals surface area contributed by atoms with Gasteiger partial charge in [-0.15, -0.1) is 0 Å². The molecule has 78 valence electrons. The summed E-state index contributed by atoms with van der Waals surface area (Å²) in [6.07, 6.45) is -0.425. The highest BCUT2D eigenvalue weighted by molar-refractivity contribution is 7.99. The van der Waals surface area contributed by atoms with Gasteiger partial charge in [0.2, 0.25) is 0 Å². The monoisotopic (exact) mass is 215 g/mol. The Bertz CT molecular complexity index is 269. The lowest BCUT2D eigenvalue weighted by Crippen LogP contribution is -2.47. The van der Waals surface area contributed by atoms with Gasteiger partial charge in [-0.25, -0.2) is 0 Å². The van der Waals surface area contributed by atoms with Gasteiger partial charge in [-0.3, -0.25) is 9.79 Å². The van der Waals surface area contributed by atoms with Crippen molar-refractivity contribution < 1.29 is 9.90 Å². The standard InChI is InChI=1S/C8H13N3O2S/c12-6-4-14-3-5(6)11-8(13)7-9-1-2-10-7/h5-6,12H,1-4H2,(H,9,10)(H,11,13). The topological polar surface area (TPSA) is 73.7 Å². The van der Waals surface area contributed by atoms with Crippen molar-refractivity contribution in [2.45, 2.75) is 12.1 Å². The third-order valence-electron chi connectivity index (χ3n) is 2.26. The van der Waals surface area contributed by atoms with Crippen LogP contribution in [-0.4, -0.2) is 53.6 Å². The van der Waals surface area contributed by atoms with Crippen molar-refractivity contribution in [2.24, 2.45) is 4.99 Å². The van der Waals surface area contributed by atoms with Crippen LogP contribution in [0.25, 0.3) is 0 Å². The number of aliphatic hydroxyl groups is 1. The normalized spacial score (nSPS) is 31.1. The molecule has 1 amide bonds. The minimum atomic E-state index is -0.425. The van der Waals surface area contributed by atoms with Crippen molar-refractivity contribution in [3.05, 3.63) is 0 Å². The maximum absolute atomic E-state index is 11.5. The maximum Gasteiger partial charge on any atom is 0.286 e. The quantitative estimate of drug-likeness (QED) is 0.528. The van der Waals surface area contributed by atoms with Crippen molar-refractivity contribution in [1.82, 2.24) is 10.6 Å². The largest absolute Gasteiger partial charge is 0.390 e. The minimum Gasteiger partial charge on any atom is -0.390 e. The van der Waals surface area contributed by atoms with Gasteiger partial charge in [0, 0.05) is 18.1 Å². The number of nitrogens with zero attached hydrogens (tertiary/aromatic N) is 1. The van der Waals surface area contributed by atoms with Crippen LogP contribution in [0.15, 0.2) is 4.99 Å². The molecule has 0 aromatic rings. The summed E-state index contributed by atoms with van der Waals surface area (Å²) in [5, 5.41) is 15.1. The molecule has 2 unspecified atom stereocenters. The van der Waals surface area contributed by atoms with Crippen LogP contribution in [0.4, 0.5) is 0 Å². The van der Waals surface area contributed by atoms with Crippen LogP contribution < -0.4 is 10.6 Å². The van der Waals surface area contributed by atoms with Gasteiger partial charge in [0.25, 0.3) is 5.91 Å². The highest BCUT2D eigenvalue weighted by atomic mass is 32.2. The summed E-state index contributed by atoms with van der Waals surface area (Å²) in [6, 6.07) is -0.127. The van der Waals surface area contributed by atoms with E-state index in [1.807, 2.05) is 0 Å². The lowest BCUT2D eigenvalue weighted by atomic mass is 10.2. The Morgan fingerprint density at radius 3 is 3.07 bits per heavy atom. The minimum absolute atomic E-state index is 0.127. The van der Waals surface area contributed by atoms with Crippen LogP contribution in [0.5, 0.6) is 0 Å². The Balaban J connectivity index is 1.87. The zero-order valence-electron chi connectivity index (χ0n) is 7.69. The molecular formula is C8H13N3O2S. The summed E-state index contributed by atoms with van der Waals surface area (Å²) in [6.45, 7) is 1.38. The van der Waals surface area contributed by atoms with Gasteiger partial charge in [-0.2, -0.15) is 11.8 Å². The Hall–Kier alpha value is -0.750. The first-order chi connectivity index (χ1) is 6.77. The molecule has 2 heterocycles. The molecule has 0 aromatic heterocycles. The first-order valence-corrected chi connectivity index (χ1v) is 5.78. The molecule has 2 atom stereocenters. The van der Waals surface area contributed by atoms with Crippen molar-refractivity contribution in [2.75, 3.05) is 24.6 Å². The van der Waals surface area contributed by atoms with E-state index in [-0.39, 0.29) is 11.9 Å². The molecule has 0 saturated carbocycles. The highest BCUT2D eigenvalue weighted by Crippen LogP contribution is 2.17. The second-order valence-corrected chi connectivity index (χ2v) is 4.42. The number of hydrogen-bond acceptors (Lipinski definition) is 5. The van der Waals surface area contributed by atoms with E-state index in [2.05, 4.69) is 15.6 Å². The Morgan fingerprint density at radius 1 is 1.64 bits per heavy atom. The summed E-state index contributed by atoms with van der Waals surface area (Å²) in [4.78, 5) is 15.5. The predicted octanol–water partition coefficient (Wildman–Crippen LogP) is -1.42. The molecule has 0 bridgehead atoms. The zero-order chi connectivity index (χ0) is 9.97. The number of carbonyl (C=O) groups is 1. The van der Waals surface area contributed by atoms with Crippen LogP contribution in [-0.2, 0) is 4.79 Å². The summed E-state index contributed by atoms with van der Waals surface area (Å²) in [7, 11) is 0. The van der Waals surface area contributed by atoms with Crippen molar-refractivity contribution in [3.8, 4) is 0 Å². The number of nitrogens with one attached hydrogen (secondary N) is 2. The summed E-state index contributed by atoms with van der Waals surface area (Å²) < 4.78 is 0. The van der Waals surface area contributed by atoms with E-state index in [1.165, 1.54) is 0 Å². The molecule has 0 aliphatic carbocycles. The van der Waals surface area contributed by atoms with Crippen LogP contribution in [0.3, 0.4) is 0 Å². The molecule has 2 aliphatic heterocycles. The van der Waals surface area contributed by atoms with E-state index in [4.69, 9.17) is 0 Å². The van der Waals surface area contributed by atoms with Gasteiger partial charge in [0.05, 0.1) is 18.7 Å². The molecule has 5 nitrogen and oxygen atoms in total. The fourth-order valence-electron chi connectivity index (χ4n) is 1.47. The number of rotatable bonds is 2. The summed E-state index contributed by atoms with van der Waals surface area (Å²) in [5.74, 6) is 1.67. The molecule has 2 rings (SSSR count). The molecule has 6 heteroatoms. The molecular weight excluding hydrogens is 202 g/mol. The maximum atomic E-state index is 11.5. The third kappa shape index (κ3) is 2.01. The van der Waals surface area contributed by atoms with Crippen molar-refractivity contribution in [3.63, 3.8) is 0 Å². The number of amidine groups is 1. The van der Waals surface area contributed by atoms with Gasteiger partial charge in [0.15, 0.2) is 5.84 Å². The average molecular weight is 215 g/mol. The second-order valence-electron chi connectivity index (χ2n) is 3.34. The molecule has 1 saturated heterocycles. The molecule has 3 N–H and O–H groups in total. The van der Waals surface area contributed by atoms with E-state index in [0.717, 1.165) is 12.3 Å². The van der Waals surface area contributed by atoms with Gasteiger partial charge < -0.3 is 15.7 Å². The SMILES string of the molecule is O=C(NC1CSCC1O)C1=NCCN1. The van der Waals surface area contributed by atoms with Gasteiger partial charge in [0.1, 0.15) is 0 Å². The second kappa shape index (κ2) is 4.18. The molecule has 14 heavy (non-hydrogen) atoms. The lowest BCUT2D eigenvalue weighted by molar-refractivity contribution is -0.116. The Morgan fingerprint density at radius 2 is 2.50 bits per heavy atom. The van der Waals surface area contributed by atoms with E-state index in [0.29, 0.717) is 18.1 Å². The number of amides is 1. The van der Waals surface area contributed by atoms with Crippen LogP contribution in [0.1, 0.15) is 0 Å². The summed E-state index contributed by atoms with van der Waals surface area (Å²) in [5.41, 5.74) is 0. The number of carbonyl (C=O) groups excluding carboxylic acids is 1. The number of thioether (sulfide) groups is 1. The zero-order valence-corrected chi connectivity index (χ0v) is 8.51. The Kier molecular flexibility index (Phi) is 2.93. The number of hydrogen-bond donors (Lipinski definition) is 3. The smallest absolute Gasteiger partial charge is 0.286 e. The number of aliphatic imine (C=N–C) groups is 1. The predicted molar refractivity (Wildman–Crippen MR) is 55.6 cm³/mol. The number of aliphatic hydroxyl groups excluding tert-OH is 1. The molecule has 2 aliphatic rings. The lowest BCUT2D eigenvalue weighted by Gasteiger charge is -2.15. The Labute approximate surface area is 86.4 Å². The van der Waals surface area contributed by atoms with Gasteiger partial charge >= 0.3 is 0 Å². The third-order valence-corrected chi connectivity index (χ3v) is 3.43. The van der Waals surface area contributed by atoms with E-state index >= 15 is 0 Å². The molecule has 0 aromatic carbocycles. The first kappa shape index (κ1) is 9.79. The van der Waals surface area contributed by atoms with Gasteiger partial charge in [-0.1, -0.05) is 0 Å².